The number of hydrogen-bond donors (Lipinski definition) is 2. The third-order valence-corrected chi connectivity index (χ3v) is 7.11. The van der Waals surface area contributed by atoms with Gasteiger partial charge < -0.3 is 19.5 Å². The molecule has 5 rings (SSSR count). The number of fused-ring (bicyclic) bond motifs is 1. The van der Waals surface area contributed by atoms with Gasteiger partial charge >= 0.3 is 12.0 Å². The molecule has 216 valence electrons. The Morgan fingerprint density at radius 1 is 1.02 bits per heavy atom. The Hall–Kier alpha value is -4.65. The monoisotopic (exact) mass is 565 g/mol. The number of nitrogens with zero attached hydrogens (tertiary/aromatic N) is 3. The number of nitrogens with one attached hydrogen (secondary N) is 2. The van der Waals surface area contributed by atoms with Gasteiger partial charge in [0.2, 0.25) is 18.1 Å². The first kappa shape index (κ1) is 27.9. The van der Waals surface area contributed by atoms with Crippen LogP contribution >= 0.6 is 0 Å². The first-order valence-electron chi connectivity index (χ1n) is 13.4. The first-order valence-corrected chi connectivity index (χ1v) is 13.4. The highest BCUT2D eigenvalue weighted by Gasteiger charge is 2.46. The predicted molar refractivity (Wildman–Crippen MR) is 141 cm³/mol. The highest BCUT2D eigenvalue weighted by molar-refractivity contribution is 5.96. The number of cyclic esters (lactones) is 1. The van der Waals surface area contributed by atoms with E-state index in [-0.39, 0.29) is 50.4 Å². The van der Waals surface area contributed by atoms with Crippen LogP contribution in [-0.2, 0) is 30.5 Å². The predicted octanol–water partition coefficient (Wildman–Crippen LogP) is 1.35. The number of carbonyl (C=O) groups excluding carboxylic acids is 5. The SMILES string of the molecule is COc1ccc(C(=O)NN2CCC(=O)N3CCC[C@@H](C(=O)N[C@H]4CC(=O)OC4OCc4ccccc4)N3C2=O)cc1. The molecule has 3 aliphatic heterocycles. The van der Waals surface area contributed by atoms with Gasteiger partial charge in [-0.25, -0.2) is 19.8 Å². The van der Waals surface area contributed by atoms with Crippen molar-refractivity contribution in [2.45, 2.75) is 50.7 Å². The summed E-state index contributed by atoms with van der Waals surface area (Å²) in [6, 6.07) is 13.1. The van der Waals surface area contributed by atoms with Gasteiger partial charge in [-0.15, -0.1) is 0 Å². The van der Waals surface area contributed by atoms with E-state index in [2.05, 4.69) is 10.7 Å². The van der Waals surface area contributed by atoms with Crippen molar-refractivity contribution in [3.63, 3.8) is 0 Å². The van der Waals surface area contributed by atoms with Crippen molar-refractivity contribution < 1.29 is 38.2 Å². The quantitative estimate of drug-likeness (QED) is 0.456. The zero-order valence-electron chi connectivity index (χ0n) is 22.5. The molecule has 0 aliphatic carbocycles. The fourth-order valence-electron chi connectivity index (χ4n) is 4.98. The van der Waals surface area contributed by atoms with Gasteiger partial charge in [-0.3, -0.25) is 24.6 Å². The average molecular weight is 566 g/mol. The third-order valence-electron chi connectivity index (χ3n) is 7.11. The topological polar surface area (TPSA) is 147 Å². The van der Waals surface area contributed by atoms with Crippen LogP contribution in [0.3, 0.4) is 0 Å². The van der Waals surface area contributed by atoms with Gasteiger partial charge in [-0.05, 0) is 42.7 Å². The number of amides is 5. The minimum absolute atomic E-state index is 0.0418. The molecule has 1 unspecified atom stereocenters. The molecule has 3 heterocycles. The van der Waals surface area contributed by atoms with E-state index in [1.54, 1.807) is 24.3 Å². The first-order chi connectivity index (χ1) is 19.8. The lowest BCUT2D eigenvalue weighted by Gasteiger charge is -2.43. The van der Waals surface area contributed by atoms with E-state index in [0.29, 0.717) is 12.2 Å². The van der Waals surface area contributed by atoms with Crippen molar-refractivity contribution >= 4 is 29.7 Å². The number of hydrazine groups is 2. The Bertz CT molecular complexity index is 1300. The molecule has 0 saturated carbocycles. The van der Waals surface area contributed by atoms with Gasteiger partial charge in [0.05, 0.1) is 26.7 Å². The van der Waals surface area contributed by atoms with Crippen LogP contribution in [0.1, 0.15) is 41.6 Å². The molecule has 3 atom stereocenters. The van der Waals surface area contributed by atoms with Crippen LogP contribution < -0.4 is 15.5 Å². The molecule has 0 aromatic heterocycles. The highest BCUT2D eigenvalue weighted by atomic mass is 16.7. The molecule has 13 heteroatoms. The lowest BCUT2D eigenvalue weighted by molar-refractivity contribution is -0.169. The van der Waals surface area contributed by atoms with E-state index >= 15 is 0 Å². The number of carbonyl (C=O) groups is 5. The Morgan fingerprint density at radius 2 is 1.78 bits per heavy atom. The summed E-state index contributed by atoms with van der Waals surface area (Å²) in [5.41, 5.74) is 3.71. The van der Waals surface area contributed by atoms with Crippen molar-refractivity contribution in [3.8, 4) is 5.75 Å². The molecule has 3 saturated heterocycles. The van der Waals surface area contributed by atoms with Crippen LogP contribution in [-0.4, -0.2) is 83.3 Å². The highest BCUT2D eigenvalue weighted by Crippen LogP contribution is 2.25. The maximum atomic E-state index is 13.7. The number of urea groups is 1. The van der Waals surface area contributed by atoms with Crippen LogP contribution in [0.25, 0.3) is 0 Å². The maximum Gasteiger partial charge on any atom is 0.358 e. The lowest BCUT2D eigenvalue weighted by Crippen LogP contribution is -2.65. The Balaban J connectivity index is 1.28. The summed E-state index contributed by atoms with van der Waals surface area (Å²) < 4.78 is 16.2. The average Bonchev–Trinajstić information content (AvgIpc) is 3.30. The second-order valence-electron chi connectivity index (χ2n) is 9.85. The molecule has 0 bridgehead atoms. The number of rotatable bonds is 8. The van der Waals surface area contributed by atoms with Crippen molar-refractivity contribution in [3.05, 3.63) is 65.7 Å². The summed E-state index contributed by atoms with van der Waals surface area (Å²) in [4.78, 5) is 65.1. The van der Waals surface area contributed by atoms with Gasteiger partial charge in [0.25, 0.3) is 5.91 Å². The Kier molecular flexibility index (Phi) is 8.34. The molecule has 3 fully saturated rings. The van der Waals surface area contributed by atoms with E-state index in [0.717, 1.165) is 15.6 Å². The molecule has 41 heavy (non-hydrogen) atoms. The molecular weight excluding hydrogens is 534 g/mol. The molecule has 0 radical (unpaired) electrons. The second-order valence-corrected chi connectivity index (χ2v) is 9.85. The number of benzene rings is 2. The molecule has 3 aliphatic rings. The van der Waals surface area contributed by atoms with Crippen LogP contribution in [0, 0.1) is 0 Å². The van der Waals surface area contributed by atoms with Gasteiger partial charge in [0.15, 0.2) is 0 Å². The summed E-state index contributed by atoms with van der Waals surface area (Å²) in [7, 11) is 1.51. The lowest BCUT2D eigenvalue weighted by atomic mass is 10.1. The zero-order chi connectivity index (χ0) is 28.9. The van der Waals surface area contributed by atoms with Gasteiger partial charge in [-0.2, -0.15) is 0 Å². The number of ether oxygens (including phenoxy) is 3. The molecule has 5 amide bonds. The van der Waals surface area contributed by atoms with Gasteiger partial charge in [-0.1, -0.05) is 30.3 Å². The summed E-state index contributed by atoms with van der Waals surface area (Å²) >= 11 is 0. The summed E-state index contributed by atoms with van der Waals surface area (Å²) in [5.74, 6) is -1.42. The molecule has 2 N–H and O–H groups in total. The number of hydrogen-bond acceptors (Lipinski definition) is 8. The van der Waals surface area contributed by atoms with E-state index in [4.69, 9.17) is 14.2 Å². The molecule has 13 nitrogen and oxygen atoms in total. The second kappa shape index (κ2) is 12.3. The van der Waals surface area contributed by atoms with Crippen LogP contribution in [0.4, 0.5) is 4.79 Å². The standard InChI is InChI=1S/C28H31N5O8/c1-39-20-11-9-19(10-12-20)25(36)30-31-15-13-23(34)32-14-5-8-22(33(32)28(31)38)26(37)29-21-16-24(35)41-27(21)40-17-18-6-3-2-4-7-18/h2-4,6-7,9-12,21-22,27H,5,8,13-17H2,1H3,(H,29,37)(H,30,36)/t21-,22-,27?/m0/s1. The van der Waals surface area contributed by atoms with E-state index in [1.807, 2.05) is 30.3 Å². The summed E-state index contributed by atoms with van der Waals surface area (Å²) in [6.45, 7) is 0.355. The third kappa shape index (κ3) is 6.24. The Labute approximate surface area is 236 Å². The fraction of sp³-hybridized carbons (Fsp3) is 0.393. The normalized spacial score (nSPS) is 22.5. The van der Waals surface area contributed by atoms with Crippen LogP contribution in [0.2, 0.25) is 0 Å². The van der Waals surface area contributed by atoms with Gasteiger partial charge in [0.1, 0.15) is 17.8 Å². The van der Waals surface area contributed by atoms with Crippen LogP contribution in [0.5, 0.6) is 5.75 Å². The molecular formula is C28H31N5O8. The zero-order valence-corrected chi connectivity index (χ0v) is 22.5. The maximum absolute atomic E-state index is 13.7. The smallest absolute Gasteiger partial charge is 0.358 e. The minimum atomic E-state index is -1.05. The summed E-state index contributed by atoms with van der Waals surface area (Å²) in [5, 5.41) is 6.19. The summed E-state index contributed by atoms with van der Waals surface area (Å²) in [6.07, 6.45) is -0.384. The van der Waals surface area contributed by atoms with Crippen molar-refractivity contribution in [2.24, 2.45) is 0 Å². The number of methoxy groups -OCH3 is 1. The van der Waals surface area contributed by atoms with E-state index < -0.39 is 42.2 Å². The number of esters is 1. The Morgan fingerprint density at radius 3 is 2.51 bits per heavy atom. The largest absolute Gasteiger partial charge is 0.497 e. The fourth-order valence-corrected chi connectivity index (χ4v) is 4.98. The van der Waals surface area contributed by atoms with E-state index in [9.17, 15) is 24.0 Å². The van der Waals surface area contributed by atoms with Crippen molar-refractivity contribution in [1.29, 1.82) is 0 Å². The van der Waals surface area contributed by atoms with Gasteiger partial charge in [0, 0.05) is 18.5 Å². The van der Waals surface area contributed by atoms with Crippen LogP contribution in [0.15, 0.2) is 54.6 Å². The molecule has 2 aromatic rings. The molecule has 2 aromatic carbocycles. The molecule has 0 spiro atoms. The van der Waals surface area contributed by atoms with Crippen molar-refractivity contribution in [1.82, 2.24) is 25.8 Å². The van der Waals surface area contributed by atoms with Crippen molar-refractivity contribution in [2.75, 3.05) is 20.2 Å². The van der Waals surface area contributed by atoms with E-state index in [1.165, 1.54) is 12.1 Å². The minimum Gasteiger partial charge on any atom is -0.497 e.